The standard InChI is InChI=1S/C48H70N2O2/c51-43(49(45-17-29-4-30(18-45)6-31(5-29)19-45)46-20-32-7-33(21-46)9-34(8-32)22-46)41-2-1-3-42(16-41)44(52)50(47-23-35-10-36(24-47)12-37(11-35)25-47)48-26-38-13-39(27-48)15-40(14-38)28-48/h29-42H,1-28H2. The molecule has 0 saturated heterocycles. The minimum atomic E-state index is 0.0817. The topological polar surface area (TPSA) is 40.6 Å². The van der Waals surface area contributed by atoms with Gasteiger partial charge in [0.1, 0.15) is 0 Å². The molecule has 0 spiro atoms. The first-order valence-electron chi connectivity index (χ1n) is 23.9. The van der Waals surface area contributed by atoms with E-state index in [9.17, 15) is 0 Å². The van der Waals surface area contributed by atoms with Crippen LogP contribution in [0.15, 0.2) is 0 Å². The van der Waals surface area contributed by atoms with E-state index < -0.39 is 0 Å². The predicted molar refractivity (Wildman–Crippen MR) is 203 cm³/mol. The fraction of sp³-hybridized carbons (Fsp3) is 0.958. The molecule has 4 heteroatoms. The van der Waals surface area contributed by atoms with E-state index in [1.165, 1.54) is 154 Å². The maximum Gasteiger partial charge on any atom is 0.226 e. The van der Waals surface area contributed by atoms with Crippen LogP contribution < -0.4 is 0 Å². The predicted octanol–water partition coefficient (Wildman–Crippen LogP) is 10.3. The van der Waals surface area contributed by atoms with Crippen molar-refractivity contribution in [2.24, 2.45) is 82.9 Å². The highest BCUT2D eigenvalue weighted by molar-refractivity contribution is 5.85. The fourth-order valence-electron chi connectivity index (χ4n) is 21.3. The Hall–Kier alpha value is -1.06. The Morgan fingerprint density at radius 3 is 0.692 bits per heavy atom. The summed E-state index contributed by atoms with van der Waals surface area (Å²) in [6, 6.07) is 0. The van der Waals surface area contributed by atoms with E-state index in [1.807, 2.05) is 0 Å². The maximum absolute atomic E-state index is 15.9. The molecule has 2 atom stereocenters. The van der Waals surface area contributed by atoms with Crippen LogP contribution in [0.5, 0.6) is 0 Å². The average Bonchev–Trinajstić information content (AvgIpc) is 3.05. The Morgan fingerprint density at radius 2 is 0.500 bits per heavy atom. The number of rotatable bonds is 6. The molecule has 2 unspecified atom stereocenters. The van der Waals surface area contributed by atoms with E-state index in [2.05, 4.69) is 9.80 Å². The van der Waals surface area contributed by atoms with Crippen molar-refractivity contribution in [3.05, 3.63) is 0 Å². The smallest absolute Gasteiger partial charge is 0.226 e. The Balaban J connectivity index is 0.851. The summed E-state index contributed by atoms with van der Waals surface area (Å²) in [4.78, 5) is 37.5. The van der Waals surface area contributed by atoms with E-state index in [0.717, 1.165) is 96.7 Å². The highest BCUT2D eigenvalue weighted by Crippen LogP contribution is 2.67. The summed E-state index contributed by atoms with van der Waals surface area (Å²) in [6.07, 6.45) is 37.2. The van der Waals surface area contributed by atoms with Gasteiger partial charge in [0.25, 0.3) is 0 Å². The molecule has 17 fully saturated rings. The first kappa shape index (κ1) is 32.1. The molecule has 16 bridgehead atoms. The lowest BCUT2D eigenvalue weighted by atomic mass is 9.48. The molecule has 0 heterocycles. The zero-order valence-electron chi connectivity index (χ0n) is 32.6. The molecular weight excluding hydrogens is 637 g/mol. The average molecular weight is 707 g/mol. The summed E-state index contributed by atoms with van der Waals surface area (Å²) in [6.45, 7) is 0. The van der Waals surface area contributed by atoms with Crippen molar-refractivity contribution in [1.82, 2.24) is 9.80 Å². The highest BCUT2D eigenvalue weighted by atomic mass is 16.2. The summed E-state index contributed by atoms with van der Waals surface area (Å²) in [7, 11) is 0. The largest absolute Gasteiger partial charge is 0.331 e. The second kappa shape index (κ2) is 10.9. The lowest BCUT2D eigenvalue weighted by Crippen LogP contribution is -2.73. The van der Waals surface area contributed by atoms with Gasteiger partial charge in [-0.15, -0.1) is 0 Å². The Morgan fingerprint density at radius 1 is 0.308 bits per heavy atom. The molecule has 284 valence electrons. The van der Waals surface area contributed by atoms with Gasteiger partial charge in [0, 0.05) is 34.0 Å². The van der Waals surface area contributed by atoms with Crippen molar-refractivity contribution >= 4 is 11.8 Å². The van der Waals surface area contributed by atoms with E-state index in [0.29, 0.717) is 11.8 Å². The van der Waals surface area contributed by atoms with Gasteiger partial charge in [0.2, 0.25) is 11.8 Å². The molecule has 17 aliphatic rings. The summed E-state index contributed by atoms with van der Waals surface area (Å²) < 4.78 is 0. The number of hydrogen-bond acceptors (Lipinski definition) is 2. The maximum atomic E-state index is 15.9. The van der Waals surface area contributed by atoms with Gasteiger partial charge in [-0.05, 0) is 244 Å². The van der Waals surface area contributed by atoms with Crippen molar-refractivity contribution in [1.29, 1.82) is 0 Å². The normalized spacial score (nSPS) is 58.2. The molecule has 4 nitrogen and oxygen atoms in total. The van der Waals surface area contributed by atoms with Crippen LogP contribution in [-0.4, -0.2) is 43.8 Å². The third-order valence-corrected chi connectivity index (χ3v) is 20.7. The molecule has 0 aromatic rings. The van der Waals surface area contributed by atoms with Gasteiger partial charge in [-0.3, -0.25) is 9.59 Å². The Labute approximate surface area is 315 Å². The van der Waals surface area contributed by atoms with Crippen LogP contribution in [0.3, 0.4) is 0 Å². The summed E-state index contributed by atoms with van der Waals surface area (Å²) in [5, 5.41) is 0. The van der Waals surface area contributed by atoms with Crippen LogP contribution >= 0.6 is 0 Å². The van der Waals surface area contributed by atoms with E-state index in [4.69, 9.17) is 0 Å². The molecule has 2 amide bonds. The lowest BCUT2D eigenvalue weighted by molar-refractivity contribution is -0.198. The quantitative estimate of drug-likeness (QED) is 0.276. The summed E-state index contributed by atoms with van der Waals surface area (Å²) in [5.74, 6) is 11.7. The SMILES string of the molecule is O=C(C1CCCC(C(=O)N(C23CC4CC(CC(C4)C2)C3)C23CC4CC(CC(C4)C2)C3)C1)N(C12CC3CC(CC(C3)C1)C2)C12CC3CC(CC(C3)C1)C2. The van der Waals surface area contributed by atoms with Crippen LogP contribution in [0.2, 0.25) is 0 Å². The van der Waals surface area contributed by atoms with Gasteiger partial charge < -0.3 is 9.80 Å². The lowest BCUT2D eigenvalue weighted by Gasteiger charge is -2.69. The third kappa shape index (κ3) is 4.57. The van der Waals surface area contributed by atoms with Gasteiger partial charge >= 0.3 is 0 Å². The van der Waals surface area contributed by atoms with Gasteiger partial charge in [0.15, 0.2) is 0 Å². The van der Waals surface area contributed by atoms with Crippen molar-refractivity contribution < 1.29 is 9.59 Å². The zero-order chi connectivity index (χ0) is 34.2. The molecule has 52 heavy (non-hydrogen) atoms. The van der Waals surface area contributed by atoms with E-state index in [-0.39, 0.29) is 34.0 Å². The number of carbonyl (C=O) groups excluding carboxylic acids is 2. The monoisotopic (exact) mass is 707 g/mol. The van der Waals surface area contributed by atoms with Crippen LogP contribution in [0.4, 0.5) is 0 Å². The molecule has 17 saturated carbocycles. The van der Waals surface area contributed by atoms with Gasteiger partial charge in [0.05, 0.1) is 0 Å². The molecule has 17 rings (SSSR count). The van der Waals surface area contributed by atoms with Gasteiger partial charge in [-0.2, -0.15) is 0 Å². The molecule has 0 aromatic carbocycles. The van der Waals surface area contributed by atoms with Crippen LogP contribution in [0, 0.1) is 82.9 Å². The molecule has 0 aliphatic heterocycles. The van der Waals surface area contributed by atoms with Crippen molar-refractivity contribution in [2.45, 2.75) is 202 Å². The van der Waals surface area contributed by atoms with Crippen molar-refractivity contribution in [2.75, 3.05) is 0 Å². The zero-order valence-corrected chi connectivity index (χ0v) is 32.6. The van der Waals surface area contributed by atoms with E-state index >= 15 is 9.59 Å². The Bertz CT molecular complexity index is 1190. The van der Waals surface area contributed by atoms with Crippen LogP contribution in [-0.2, 0) is 9.59 Å². The summed E-state index contributed by atoms with van der Waals surface area (Å²) in [5.41, 5.74) is 0.551. The van der Waals surface area contributed by atoms with Crippen molar-refractivity contribution in [3.63, 3.8) is 0 Å². The van der Waals surface area contributed by atoms with Crippen LogP contribution in [0.1, 0.15) is 180 Å². The molecule has 0 N–H and O–H groups in total. The van der Waals surface area contributed by atoms with Gasteiger partial charge in [-0.25, -0.2) is 0 Å². The highest BCUT2D eigenvalue weighted by Gasteiger charge is 2.66. The number of carbonyl (C=O) groups is 2. The minimum Gasteiger partial charge on any atom is -0.331 e. The number of nitrogens with zero attached hydrogens (tertiary/aromatic N) is 2. The Kier molecular flexibility index (Phi) is 6.70. The second-order valence-corrected chi connectivity index (χ2v) is 24.5. The van der Waals surface area contributed by atoms with Crippen LogP contribution in [0.25, 0.3) is 0 Å². The number of amides is 2. The van der Waals surface area contributed by atoms with E-state index in [1.54, 1.807) is 0 Å². The minimum absolute atomic E-state index is 0.0817. The van der Waals surface area contributed by atoms with Crippen molar-refractivity contribution in [3.8, 4) is 0 Å². The second-order valence-electron chi connectivity index (χ2n) is 24.5. The molecule has 0 aromatic heterocycles. The first-order valence-corrected chi connectivity index (χ1v) is 23.9. The fourth-order valence-corrected chi connectivity index (χ4v) is 21.3. The first-order chi connectivity index (χ1) is 25.2. The van der Waals surface area contributed by atoms with Gasteiger partial charge in [-0.1, -0.05) is 6.42 Å². The third-order valence-electron chi connectivity index (χ3n) is 20.7. The molecular formula is C48H70N2O2. The summed E-state index contributed by atoms with van der Waals surface area (Å²) >= 11 is 0. The molecule has 0 radical (unpaired) electrons. The molecule has 17 aliphatic carbocycles. The number of hydrogen-bond donors (Lipinski definition) is 0.